The molecule has 124 valence electrons. The molecular formula is C17H18N4OS2. The van der Waals surface area contributed by atoms with Crippen LogP contribution in [0.4, 0.5) is 0 Å². The highest BCUT2D eigenvalue weighted by atomic mass is 32.2. The molecule has 3 rings (SSSR count). The summed E-state index contributed by atoms with van der Waals surface area (Å²) in [6.07, 6.45) is 4.86. The normalized spacial score (nSPS) is 10.7. The summed E-state index contributed by atoms with van der Waals surface area (Å²) in [6.45, 7) is 0.608. The maximum absolute atomic E-state index is 11.9. The second-order valence-corrected chi connectivity index (χ2v) is 7.09. The molecule has 0 saturated carbocycles. The quantitative estimate of drug-likeness (QED) is 0.628. The van der Waals surface area contributed by atoms with E-state index in [-0.39, 0.29) is 5.91 Å². The molecule has 0 radical (unpaired) electrons. The van der Waals surface area contributed by atoms with Gasteiger partial charge in [-0.1, -0.05) is 18.2 Å². The van der Waals surface area contributed by atoms with Crippen molar-refractivity contribution in [2.45, 2.75) is 17.7 Å². The summed E-state index contributed by atoms with van der Waals surface area (Å²) in [5.41, 5.74) is 0.976. The number of aromatic nitrogens is 3. The van der Waals surface area contributed by atoms with Gasteiger partial charge in [0.2, 0.25) is 11.0 Å². The van der Waals surface area contributed by atoms with Crippen LogP contribution in [0.25, 0.3) is 5.13 Å². The van der Waals surface area contributed by atoms with Crippen molar-refractivity contribution in [2.75, 3.05) is 12.3 Å². The zero-order chi connectivity index (χ0) is 16.6. The van der Waals surface area contributed by atoms with Gasteiger partial charge in [0.15, 0.2) is 0 Å². The average Bonchev–Trinajstić information content (AvgIpc) is 3.27. The molecule has 7 heteroatoms. The molecule has 0 unspecified atom stereocenters. The summed E-state index contributed by atoms with van der Waals surface area (Å²) in [5, 5.41) is 9.97. The number of nitrogens with one attached hydrogen (secondary N) is 1. The van der Waals surface area contributed by atoms with E-state index >= 15 is 0 Å². The Morgan fingerprint density at radius 3 is 2.92 bits per heavy atom. The summed E-state index contributed by atoms with van der Waals surface area (Å²) in [7, 11) is 0. The van der Waals surface area contributed by atoms with Gasteiger partial charge in [-0.05, 0) is 18.2 Å². The molecule has 1 amide bonds. The van der Waals surface area contributed by atoms with Crippen molar-refractivity contribution in [1.82, 2.24) is 20.1 Å². The van der Waals surface area contributed by atoms with E-state index in [9.17, 15) is 4.79 Å². The van der Waals surface area contributed by atoms with E-state index in [1.165, 1.54) is 4.90 Å². The highest BCUT2D eigenvalue weighted by Crippen LogP contribution is 2.17. The number of hydrogen-bond acceptors (Lipinski definition) is 5. The summed E-state index contributed by atoms with van der Waals surface area (Å²) >= 11 is 3.25. The highest BCUT2D eigenvalue weighted by molar-refractivity contribution is 7.99. The lowest BCUT2D eigenvalue weighted by atomic mass is 10.3. The van der Waals surface area contributed by atoms with E-state index in [4.69, 9.17) is 0 Å². The van der Waals surface area contributed by atoms with Gasteiger partial charge in [0.05, 0.1) is 5.69 Å². The van der Waals surface area contributed by atoms with Gasteiger partial charge in [-0.3, -0.25) is 4.79 Å². The van der Waals surface area contributed by atoms with Crippen molar-refractivity contribution in [3.8, 4) is 5.13 Å². The molecular weight excluding hydrogens is 340 g/mol. The van der Waals surface area contributed by atoms with Crippen molar-refractivity contribution in [1.29, 1.82) is 0 Å². The molecule has 24 heavy (non-hydrogen) atoms. The average molecular weight is 358 g/mol. The van der Waals surface area contributed by atoms with Crippen LogP contribution in [0, 0.1) is 0 Å². The number of carbonyl (C=O) groups is 1. The second-order valence-electron chi connectivity index (χ2n) is 5.08. The molecule has 0 spiro atoms. The first-order chi connectivity index (χ1) is 11.8. The zero-order valence-electron chi connectivity index (χ0n) is 13.1. The topological polar surface area (TPSA) is 59.8 Å². The first-order valence-electron chi connectivity index (χ1n) is 7.70. The molecule has 0 atom stereocenters. The number of carbonyl (C=O) groups excluding carboxylic acids is 1. The van der Waals surface area contributed by atoms with Crippen LogP contribution in [0.1, 0.15) is 12.1 Å². The zero-order valence-corrected chi connectivity index (χ0v) is 14.7. The molecule has 0 aliphatic carbocycles. The van der Waals surface area contributed by atoms with Gasteiger partial charge in [0, 0.05) is 47.8 Å². The molecule has 2 aromatic heterocycles. The molecule has 0 aliphatic rings. The molecule has 3 aromatic rings. The van der Waals surface area contributed by atoms with Crippen molar-refractivity contribution < 1.29 is 4.79 Å². The number of rotatable bonds is 8. The molecule has 1 aromatic carbocycles. The van der Waals surface area contributed by atoms with Gasteiger partial charge >= 0.3 is 0 Å². The van der Waals surface area contributed by atoms with Crippen LogP contribution in [0.15, 0.2) is 59.1 Å². The Labute approximate surface area is 149 Å². The fourth-order valence-corrected chi connectivity index (χ4v) is 3.77. The number of hydrogen-bond donors (Lipinski definition) is 1. The first-order valence-corrected chi connectivity index (χ1v) is 9.57. The van der Waals surface area contributed by atoms with Crippen LogP contribution in [0.2, 0.25) is 0 Å². The van der Waals surface area contributed by atoms with Gasteiger partial charge in [-0.25, -0.2) is 9.67 Å². The first kappa shape index (κ1) is 16.7. The molecule has 1 N–H and O–H groups in total. The standard InChI is InChI=1S/C17H18N4OS2/c22-16(8-12-23-15-5-2-1-3-6-15)18-10-7-14-13-24-17(20-14)21-11-4-9-19-21/h1-6,9,11,13H,7-8,10,12H2,(H,18,22). The van der Waals surface area contributed by atoms with Crippen molar-refractivity contribution >= 4 is 29.0 Å². The van der Waals surface area contributed by atoms with Crippen molar-refractivity contribution in [3.05, 3.63) is 59.9 Å². The minimum Gasteiger partial charge on any atom is -0.356 e. The minimum absolute atomic E-state index is 0.0842. The van der Waals surface area contributed by atoms with Crippen LogP contribution in [-0.4, -0.2) is 33.0 Å². The smallest absolute Gasteiger partial charge is 0.220 e. The maximum atomic E-state index is 11.9. The van der Waals surface area contributed by atoms with E-state index in [1.807, 2.05) is 35.8 Å². The maximum Gasteiger partial charge on any atom is 0.220 e. The van der Waals surface area contributed by atoms with Crippen LogP contribution < -0.4 is 5.32 Å². The van der Waals surface area contributed by atoms with Gasteiger partial charge < -0.3 is 5.32 Å². The third-order valence-electron chi connectivity index (χ3n) is 3.28. The molecule has 0 saturated heterocycles. The Hall–Kier alpha value is -2.12. The third-order valence-corrected chi connectivity index (χ3v) is 5.18. The Balaban J connectivity index is 1.35. The van der Waals surface area contributed by atoms with Gasteiger partial charge in [0.1, 0.15) is 0 Å². The van der Waals surface area contributed by atoms with Crippen LogP contribution in [0.5, 0.6) is 0 Å². The van der Waals surface area contributed by atoms with Gasteiger partial charge in [-0.15, -0.1) is 23.1 Å². The number of nitrogens with zero attached hydrogens (tertiary/aromatic N) is 3. The number of benzene rings is 1. The lowest BCUT2D eigenvalue weighted by Gasteiger charge is -2.04. The lowest BCUT2D eigenvalue weighted by Crippen LogP contribution is -2.25. The van der Waals surface area contributed by atoms with Crippen molar-refractivity contribution in [2.24, 2.45) is 0 Å². The largest absolute Gasteiger partial charge is 0.356 e. The number of thiazole rings is 1. The van der Waals surface area contributed by atoms with Crippen LogP contribution in [0.3, 0.4) is 0 Å². The molecule has 0 bridgehead atoms. The Kier molecular flexibility index (Phi) is 6.03. The monoisotopic (exact) mass is 358 g/mol. The number of amides is 1. The summed E-state index contributed by atoms with van der Waals surface area (Å²) < 4.78 is 1.74. The molecule has 0 aliphatic heterocycles. The second kappa shape index (κ2) is 8.65. The Bertz CT molecular complexity index is 756. The SMILES string of the molecule is O=C(CCSc1ccccc1)NCCc1csc(-n2cccn2)n1. The summed E-state index contributed by atoms with van der Waals surface area (Å²) in [4.78, 5) is 17.6. The van der Waals surface area contributed by atoms with Crippen molar-refractivity contribution in [3.63, 3.8) is 0 Å². The fourth-order valence-electron chi connectivity index (χ4n) is 2.09. The van der Waals surface area contributed by atoms with Crippen LogP contribution in [-0.2, 0) is 11.2 Å². The lowest BCUT2D eigenvalue weighted by molar-refractivity contribution is -0.120. The molecule has 2 heterocycles. The van der Waals surface area contributed by atoms with E-state index in [0.717, 1.165) is 23.0 Å². The van der Waals surface area contributed by atoms with Crippen LogP contribution >= 0.6 is 23.1 Å². The van der Waals surface area contributed by atoms with Gasteiger partial charge in [-0.2, -0.15) is 5.10 Å². The molecule has 0 fully saturated rings. The Morgan fingerprint density at radius 1 is 1.25 bits per heavy atom. The number of thioether (sulfide) groups is 1. The summed E-state index contributed by atoms with van der Waals surface area (Å²) in [5.74, 6) is 0.872. The minimum atomic E-state index is 0.0842. The molecule has 5 nitrogen and oxygen atoms in total. The Morgan fingerprint density at radius 2 is 2.12 bits per heavy atom. The van der Waals surface area contributed by atoms with E-state index in [2.05, 4.69) is 27.5 Å². The van der Waals surface area contributed by atoms with E-state index < -0.39 is 0 Å². The van der Waals surface area contributed by atoms with Gasteiger partial charge in [0.25, 0.3) is 0 Å². The highest BCUT2D eigenvalue weighted by Gasteiger charge is 2.06. The van der Waals surface area contributed by atoms with E-state index in [1.54, 1.807) is 34.0 Å². The third kappa shape index (κ3) is 4.94. The predicted octanol–water partition coefficient (Wildman–Crippen LogP) is 3.17. The predicted molar refractivity (Wildman–Crippen MR) is 97.7 cm³/mol. The van der Waals surface area contributed by atoms with E-state index in [0.29, 0.717) is 13.0 Å². The fraction of sp³-hybridized carbons (Fsp3) is 0.235. The summed E-state index contributed by atoms with van der Waals surface area (Å²) in [6, 6.07) is 12.0.